The van der Waals surface area contributed by atoms with Crippen molar-refractivity contribution in [3.63, 3.8) is 0 Å². The van der Waals surface area contributed by atoms with E-state index in [1.54, 1.807) is 0 Å². The summed E-state index contributed by atoms with van der Waals surface area (Å²) >= 11 is 0. The fourth-order valence-corrected chi connectivity index (χ4v) is 5.48. The molecule has 5 rings (SSSR count). The van der Waals surface area contributed by atoms with Crippen molar-refractivity contribution in [3.8, 4) is 0 Å². The number of fused-ring (bicyclic) bond motifs is 3. The Morgan fingerprint density at radius 1 is 0.853 bits per heavy atom. The lowest BCUT2D eigenvalue weighted by atomic mass is 10.1. The van der Waals surface area contributed by atoms with E-state index in [0.29, 0.717) is 25.0 Å². The van der Waals surface area contributed by atoms with Gasteiger partial charge in [-0.1, -0.05) is 78.4 Å². The van der Waals surface area contributed by atoms with Gasteiger partial charge in [-0.25, -0.2) is 0 Å². The summed E-state index contributed by atoms with van der Waals surface area (Å²) in [5, 5.41) is 3.68. The predicted octanol–water partition coefficient (Wildman–Crippen LogP) is 5.42. The van der Waals surface area contributed by atoms with Gasteiger partial charge in [0, 0.05) is 44.0 Å². The summed E-state index contributed by atoms with van der Waals surface area (Å²) in [6.45, 7) is 5.41. The van der Waals surface area contributed by atoms with Crippen molar-refractivity contribution in [1.29, 1.82) is 0 Å². The molecule has 3 aromatic carbocycles. The maximum atomic E-state index is 13.6. The topological polar surface area (TPSA) is 35.6 Å². The van der Waals surface area contributed by atoms with Gasteiger partial charge in [0.05, 0.1) is 6.42 Å². The molecule has 0 aromatic heterocycles. The molecule has 1 amide bonds. The summed E-state index contributed by atoms with van der Waals surface area (Å²) in [6, 6.07) is 28.5. The Labute approximate surface area is 203 Å². The monoisotopic (exact) mass is 453 g/mol. The minimum absolute atomic E-state index is 0.209. The zero-order chi connectivity index (χ0) is 23.3. The molecule has 0 radical (unpaired) electrons. The second-order valence-corrected chi connectivity index (χ2v) is 9.85. The number of carbonyl (C=O) groups is 1. The van der Waals surface area contributed by atoms with Crippen molar-refractivity contribution in [1.82, 2.24) is 9.80 Å². The summed E-state index contributed by atoms with van der Waals surface area (Å²) in [5.74, 6) is 0.209. The van der Waals surface area contributed by atoms with Gasteiger partial charge in [-0.3, -0.25) is 9.69 Å². The molecule has 1 fully saturated rings. The number of rotatable bonds is 4. The van der Waals surface area contributed by atoms with Crippen molar-refractivity contribution in [2.75, 3.05) is 18.4 Å². The van der Waals surface area contributed by atoms with Crippen LogP contribution in [-0.2, 0) is 24.3 Å². The second kappa shape index (κ2) is 10.4. The van der Waals surface area contributed by atoms with Gasteiger partial charge >= 0.3 is 0 Å². The summed E-state index contributed by atoms with van der Waals surface area (Å²) in [6.07, 6.45) is 3.91. The molecule has 0 unspecified atom stereocenters. The lowest BCUT2D eigenvalue weighted by Crippen LogP contribution is -2.45. The number of amides is 1. The van der Waals surface area contributed by atoms with Gasteiger partial charge in [0.1, 0.15) is 0 Å². The molecule has 1 N–H and O–H groups in total. The van der Waals surface area contributed by atoms with Crippen molar-refractivity contribution >= 4 is 11.6 Å². The number of aryl methyl sites for hydroxylation is 1. The van der Waals surface area contributed by atoms with E-state index >= 15 is 0 Å². The summed E-state index contributed by atoms with van der Waals surface area (Å²) in [4.78, 5) is 18.4. The third kappa shape index (κ3) is 5.34. The largest absolute Gasteiger partial charge is 0.385 e. The SMILES string of the molecule is Cc1ccc(CC(=O)N2Cc3ccccc3NCC[C@@H]3CC[C@H](C2)N3Cc2ccccc2)cc1. The van der Waals surface area contributed by atoms with E-state index in [9.17, 15) is 4.79 Å². The molecule has 3 aromatic rings. The highest BCUT2D eigenvalue weighted by Crippen LogP contribution is 2.31. The third-order valence-electron chi connectivity index (χ3n) is 7.41. The van der Waals surface area contributed by atoms with Crippen LogP contribution in [-0.4, -0.2) is 40.9 Å². The van der Waals surface area contributed by atoms with E-state index in [1.807, 2.05) is 0 Å². The van der Waals surface area contributed by atoms with E-state index in [2.05, 4.69) is 101 Å². The van der Waals surface area contributed by atoms with E-state index in [4.69, 9.17) is 0 Å². The minimum Gasteiger partial charge on any atom is -0.385 e. The number of anilines is 1. The first kappa shape index (κ1) is 22.7. The molecular formula is C30H35N3O. The minimum atomic E-state index is 0.209. The van der Waals surface area contributed by atoms with Gasteiger partial charge in [0.2, 0.25) is 5.91 Å². The van der Waals surface area contributed by atoms with Crippen LogP contribution in [0.25, 0.3) is 0 Å². The Balaban J connectivity index is 1.42. The van der Waals surface area contributed by atoms with E-state index in [-0.39, 0.29) is 5.91 Å². The number of hydrogen-bond acceptors (Lipinski definition) is 3. The zero-order valence-corrected chi connectivity index (χ0v) is 20.1. The van der Waals surface area contributed by atoms with Crippen LogP contribution in [0.1, 0.15) is 41.5 Å². The number of carbonyl (C=O) groups excluding carboxylic acids is 1. The van der Waals surface area contributed by atoms with E-state index in [1.165, 1.54) is 23.1 Å². The smallest absolute Gasteiger partial charge is 0.227 e. The van der Waals surface area contributed by atoms with Gasteiger partial charge < -0.3 is 10.2 Å². The van der Waals surface area contributed by atoms with Gasteiger partial charge in [-0.15, -0.1) is 0 Å². The zero-order valence-electron chi connectivity index (χ0n) is 20.1. The van der Waals surface area contributed by atoms with E-state index in [0.717, 1.165) is 43.7 Å². The predicted molar refractivity (Wildman–Crippen MR) is 139 cm³/mol. The van der Waals surface area contributed by atoms with Crippen LogP contribution in [0.3, 0.4) is 0 Å². The molecular weight excluding hydrogens is 418 g/mol. The average Bonchev–Trinajstić information content (AvgIpc) is 3.21. The Kier molecular flexibility index (Phi) is 6.96. The molecule has 4 nitrogen and oxygen atoms in total. The first-order valence-corrected chi connectivity index (χ1v) is 12.6. The van der Waals surface area contributed by atoms with Gasteiger partial charge in [-0.2, -0.15) is 0 Å². The molecule has 1 saturated heterocycles. The summed E-state index contributed by atoms with van der Waals surface area (Å²) in [7, 11) is 0. The highest BCUT2D eigenvalue weighted by molar-refractivity contribution is 5.79. The molecule has 34 heavy (non-hydrogen) atoms. The van der Waals surface area contributed by atoms with Crippen molar-refractivity contribution < 1.29 is 4.79 Å². The van der Waals surface area contributed by atoms with Crippen LogP contribution in [0.2, 0.25) is 0 Å². The quantitative estimate of drug-likeness (QED) is 0.573. The molecule has 176 valence electrons. The molecule has 0 spiro atoms. The molecule has 2 atom stereocenters. The maximum Gasteiger partial charge on any atom is 0.227 e. The molecule has 2 bridgehead atoms. The molecule has 2 aliphatic rings. The number of para-hydroxylation sites is 1. The lowest BCUT2D eigenvalue weighted by molar-refractivity contribution is -0.132. The number of hydrogen-bond donors (Lipinski definition) is 1. The third-order valence-corrected chi connectivity index (χ3v) is 7.41. The highest BCUT2D eigenvalue weighted by atomic mass is 16.2. The standard InChI is InChI=1S/C30H35N3O/c1-23-11-13-24(14-12-23)19-30(34)32-21-26-9-5-6-10-29(26)31-18-17-27-15-16-28(22-32)33(27)20-25-7-3-2-4-8-25/h2-14,27-28,31H,15-22H2,1H3/t27-,28+/m0/s1. The van der Waals surface area contributed by atoms with Gasteiger partial charge in [0.15, 0.2) is 0 Å². The first-order valence-electron chi connectivity index (χ1n) is 12.6. The average molecular weight is 454 g/mol. The highest BCUT2D eigenvalue weighted by Gasteiger charge is 2.35. The van der Waals surface area contributed by atoms with Crippen LogP contribution in [0.15, 0.2) is 78.9 Å². The molecule has 2 heterocycles. The van der Waals surface area contributed by atoms with Crippen molar-refractivity contribution in [2.45, 2.75) is 57.8 Å². The second-order valence-electron chi connectivity index (χ2n) is 9.85. The van der Waals surface area contributed by atoms with Crippen molar-refractivity contribution in [3.05, 3.63) is 101 Å². The molecule has 4 heteroatoms. The lowest BCUT2D eigenvalue weighted by Gasteiger charge is -2.34. The van der Waals surface area contributed by atoms with Crippen LogP contribution < -0.4 is 5.32 Å². The normalized spacial score (nSPS) is 20.8. The Hall–Kier alpha value is -3.11. The van der Waals surface area contributed by atoms with Crippen LogP contribution in [0.5, 0.6) is 0 Å². The van der Waals surface area contributed by atoms with E-state index < -0.39 is 0 Å². The number of nitrogens with one attached hydrogen (secondary N) is 1. The summed E-state index contributed by atoms with van der Waals surface area (Å²) in [5.41, 5.74) is 6.01. The first-order chi connectivity index (χ1) is 16.7. The Morgan fingerprint density at radius 2 is 1.59 bits per heavy atom. The molecule has 2 aliphatic heterocycles. The summed E-state index contributed by atoms with van der Waals surface area (Å²) < 4.78 is 0. The number of nitrogens with zero attached hydrogens (tertiary/aromatic N) is 2. The Bertz CT molecular complexity index is 1100. The van der Waals surface area contributed by atoms with Gasteiger partial charge in [0.25, 0.3) is 0 Å². The molecule has 0 aliphatic carbocycles. The van der Waals surface area contributed by atoms with Crippen LogP contribution in [0.4, 0.5) is 5.69 Å². The van der Waals surface area contributed by atoms with Gasteiger partial charge in [-0.05, 0) is 48.9 Å². The molecule has 0 saturated carbocycles. The van der Waals surface area contributed by atoms with Crippen LogP contribution in [0, 0.1) is 6.92 Å². The fourth-order valence-electron chi connectivity index (χ4n) is 5.48. The van der Waals surface area contributed by atoms with Crippen molar-refractivity contribution in [2.24, 2.45) is 0 Å². The van der Waals surface area contributed by atoms with Crippen LogP contribution >= 0.6 is 0 Å². The Morgan fingerprint density at radius 3 is 2.41 bits per heavy atom. The number of benzene rings is 3. The fraction of sp³-hybridized carbons (Fsp3) is 0.367. The maximum absolute atomic E-state index is 13.6.